The van der Waals surface area contributed by atoms with Crippen LogP contribution in [0.5, 0.6) is 0 Å². The Morgan fingerprint density at radius 2 is 1.69 bits per heavy atom. The summed E-state index contributed by atoms with van der Waals surface area (Å²) >= 11 is 0. The second kappa shape index (κ2) is 12.4. The van der Waals surface area contributed by atoms with Crippen LogP contribution in [0.4, 0.5) is 0 Å². The first-order valence-electron chi connectivity index (χ1n) is 8.79. The van der Waals surface area contributed by atoms with Crippen LogP contribution in [0.15, 0.2) is 42.5 Å². The number of aryl methyl sites for hydroxylation is 2. The number of nitrogens with zero attached hydrogens (tertiary/aromatic N) is 1. The Kier molecular flexibility index (Phi) is 11.0. The smallest absolute Gasteiger partial charge is 0.335 e. The van der Waals surface area contributed by atoms with E-state index < -0.39 is 5.97 Å². The van der Waals surface area contributed by atoms with Gasteiger partial charge in [-0.1, -0.05) is 39.8 Å². The zero-order valence-corrected chi connectivity index (χ0v) is 16.2. The Balaban J connectivity index is 0.000000444. The van der Waals surface area contributed by atoms with Crippen LogP contribution in [0.1, 0.15) is 72.0 Å². The summed E-state index contributed by atoms with van der Waals surface area (Å²) in [5.74, 6) is -0.804. The van der Waals surface area contributed by atoms with Crippen LogP contribution in [-0.2, 0) is 12.8 Å². The molecule has 138 valence electrons. The molecule has 4 nitrogen and oxygen atoms in total. The normalized spacial score (nSPS) is 8.92. The fourth-order valence-electron chi connectivity index (χ4n) is 2.22. The van der Waals surface area contributed by atoms with E-state index in [4.69, 9.17) is 10.4 Å². The number of nitriles is 1. The molecule has 0 aliphatic carbocycles. The summed E-state index contributed by atoms with van der Waals surface area (Å²) in [5, 5.41) is 17.3. The maximum absolute atomic E-state index is 11.1. The fourth-order valence-corrected chi connectivity index (χ4v) is 2.22. The quantitative estimate of drug-likeness (QED) is 0.757. The summed E-state index contributed by atoms with van der Waals surface area (Å²) in [6.07, 6.45) is 1.66. The lowest BCUT2D eigenvalue weighted by Gasteiger charge is -2.03. The summed E-state index contributed by atoms with van der Waals surface area (Å²) in [5.41, 5.74) is 3.71. The molecule has 4 heteroatoms. The van der Waals surface area contributed by atoms with Crippen molar-refractivity contribution >= 4 is 11.8 Å². The first-order chi connectivity index (χ1) is 12.4. The van der Waals surface area contributed by atoms with Gasteiger partial charge in [0.05, 0.1) is 17.2 Å². The molecule has 0 unspecified atom stereocenters. The molecule has 0 saturated heterocycles. The molecule has 0 fully saturated rings. The lowest BCUT2D eigenvalue weighted by atomic mass is 10.00. The molecule has 2 rings (SSSR count). The van der Waals surface area contributed by atoms with Crippen molar-refractivity contribution in [3.05, 3.63) is 70.3 Å². The van der Waals surface area contributed by atoms with Crippen LogP contribution in [0.25, 0.3) is 0 Å². The molecule has 2 aromatic rings. The minimum Gasteiger partial charge on any atom is -0.478 e. The molecule has 0 saturated carbocycles. The molecule has 0 amide bonds. The molecule has 0 radical (unpaired) electrons. The van der Waals surface area contributed by atoms with Crippen molar-refractivity contribution in [3.8, 4) is 6.07 Å². The lowest BCUT2D eigenvalue weighted by Crippen LogP contribution is -1.98. The van der Waals surface area contributed by atoms with E-state index in [2.05, 4.69) is 6.07 Å². The maximum Gasteiger partial charge on any atom is 0.335 e. The number of Topliss-reactive ketones (excluding diaryl/α,β-unsaturated/α-hetero) is 1. The van der Waals surface area contributed by atoms with Gasteiger partial charge in [0.1, 0.15) is 0 Å². The summed E-state index contributed by atoms with van der Waals surface area (Å²) in [4.78, 5) is 21.6. The number of carboxylic acids is 1. The van der Waals surface area contributed by atoms with E-state index in [1.165, 1.54) is 0 Å². The topological polar surface area (TPSA) is 78.2 Å². The molecule has 0 atom stereocenters. The molecule has 26 heavy (non-hydrogen) atoms. The van der Waals surface area contributed by atoms with Crippen molar-refractivity contribution < 1.29 is 14.7 Å². The highest BCUT2D eigenvalue weighted by Crippen LogP contribution is 2.13. The monoisotopic (exact) mass is 353 g/mol. The average molecular weight is 353 g/mol. The molecule has 1 N–H and O–H groups in total. The zero-order valence-electron chi connectivity index (χ0n) is 16.2. The van der Waals surface area contributed by atoms with Crippen molar-refractivity contribution in [3.63, 3.8) is 0 Å². The van der Waals surface area contributed by atoms with Gasteiger partial charge in [-0.05, 0) is 61.2 Å². The van der Waals surface area contributed by atoms with E-state index >= 15 is 0 Å². The number of hydrogen-bond donors (Lipinski definition) is 1. The summed E-state index contributed by atoms with van der Waals surface area (Å²) in [6, 6.07) is 14.2. The molecule has 0 aliphatic rings. The van der Waals surface area contributed by atoms with E-state index in [0.717, 1.165) is 29.5 Å². The standard InChI is InChI=1S/C11H11NO.C9H10O2.C2H6/c1-3-10-6-9(7-12)4-5-11(10)8(2)13;1-2-7-4-3-5-8(6-7)9(10)11;1-2/h4-6H,3H2,1-2H3;3-6H,2H2,1H3,(H,10,11);1-2H3. The van der Waals surface area contributed by atoms with Gasteiger partial charge in [0.2, 0.25) is 0 Å². The molecular weight excluding hydrogens is 326 g/mol. The number of aromatic carboxylic acids is 1. The lowest BCUT2D eigenvalue weighted by molar-refractivity contribution is 0.0696. The Morgan fingerprint density at radius 1 is 1.04 bits per heavy atom. The summed E-state index contributed by atoms with van der Waals surface area (Å²) in [7, 11) is 0. The van der Waals surface area contributed by atoms with Gasteiger partial charge in [-0.15, -0.1) is 0 Å². The third-order valence-corrected chi connectivity index (χ3v) is 3.58. The van der Waals surface area contributed by atoms with Crippen molar-refractivity contribution in [2.24, 2.45) is 0 Å². The van der Waals surface area contributed by atoms with Crippen LogP contribution < -0.4 is 0 Å². The Labute approximate surface area is 156 Å². The van der Waals surface area contributed by atoms with Crippen molar-refractivity contribution in [1.29, 1.82) is 5.26 Å². The average Bonchev–Trinajstić information content (AvgIpc) is 2.69. The van der Waals surface area contributed by atoms with Gasteiger partial charge < -0.3 is 5.11 Å². The maximum atomic E-state index is 11.1. The first kappa shape index (κ1) is 23.1. The number of ketones is 1. The van der Waals surface area contributed by atoms with E-state index in [-0.39, 0.29) is 5.78 Å². The van der Waals surface area contributed by atoms with E-state index in [1.807, 2.05) is 33.8 Å². The van der Waals surface area contributed by atoms with Crippen LogP contribution in [0.3, 0.4) is 0 Å². The van der Waals surface area contributed by atoms with Gasteiger partial charge in [-0.3, -0.25) is 4.79 Å². The van der Waals surface area contributed by atoms with E-state index in [9.17, 15) is 9.59 Å². The molecule has 0 bridgehead atoms. The van der Waals surface area contributed by atoms with Crippen molar-refractivity contribution in [1.82, 2.24) is 0 Å². The second-order valence-electron chi connectivity index (χ2n) is 5.25. The molecular formula is C22H27NO3. The van der Waals surface area contributed by atoms with Crippen molar-refractivity contribution in [2.75, 3.05) is 0 Å². The van der Waals surface area contributed by atoms with Gasteiger partial charge in [-0.25, -0.2) is 4.79 Å². The highest BCUT2D eigenvalue weighted by Gasteiger charge is 2.05. The van der Waals surface area contributed by atoms with Crippen LogP contribution in [0.2, 0.25) is 0 Å². The van der Waals surface area contributed by atoms with Gasteiger partial charge >= 0.3 is 5.97 Å². The molecule has 0 aromatic heterocycles. The molecule has 0 heterocycles. The van der Waals surface area contributed by atoms with Crippen molar-refractivity contribution in [2.45, 2.75) is 47.5 Å². The number of rotatable bonds is 4. The van der Waals surface area contributed by atoms with Crippen LogP contribution in [0, 0.1) is 11.3 Å². The highest BCUT2D eigenvalue weighted by atomic mass is 16.4. The summed E-state index contributed by atoms with van der Waals surface area (Å²) < 4.78 is 0. The van der Waals surface area contributed by atoms with Gasteiger partial charge in [0.15, 0.2) is 5.78 Å². The van der Waals surface area contributed by atoms with Crippen LogP contribution >= 0.6 is 0 Å². The minimum absolute atomic E-state index is 0.0568. The number of carbonyl (C=O) groups is 2. The minimum atomic E-state index is -0.861. The predicted octanol–water partition coefficient (Wildman–Crippen LogP) is 5.30. The number of benzene rings is 2. The number of carboxylic acid groups (broad SMARTS) is 1. The third-order valence-electron chi connectivity index (χ3n) is 3.58. The number of hydrogen-bond acceptors (Lipinski definition) is 3. The second-order valence-corrected chi connectivity index (χ2v) is 5.25. The third kappa shape index (κ3) is 7.31. The Hall–Kier alpha value is -2.93. The first-order valence-corrected chi connectivity index (χ1v) is 8.79. The van der Waals surface area contributed by atoms with Gasteiger partial charge in [0.25, 0.3) is 0 Å². The van der Waals surface area contributed by atoms with Crippen LogP contribution in [-0.4, -0.2) is 16.9 Å². The number of carbonyl (C=O) groups excluding carboxylic acids is 1. The van der Waals surface area contributed by atoms with E-state index in [1.54, 1.807) is 43.3 Å². The van der Waals surface area contributed by atoms with Gasteiger partial charge in [-0.2, -0.15) is 5.26 Å². The molecule has 0 aliphatic heterocycles. The Bertz CT molecular complexity index is 773. The fraction of sp³-hybridized carbons (Fsp3) is 0.318. The summed E-state index contributed by atoms with van der Waals surface area (Å²) in [6.45, 7) is 9.52. The largest absolute Gasteiger partial charge is 0.478 e. The zero-order chi connectivity index (χ0) is 20.1. The SMILES string of the molecule is CC.CCc1cc(C#N)ccc1C(C)=O.CCc1cccc(C(=O)O)c1. The van der Waals surface area contributed by atoms with E-state index in [0.29, 0.717) is 11.1 Å². The highest BCUT2D eigenvalue weighted by molar-refractivity contribution is 5.95. The predicted molar refractivity (Wildman–Crippen MR) is 105 cm³/mol. The van der Waals surface area contributed by atoms with Gasteiger partial charge in [0, 0.05) is 5.56 Å². The Morgan fingerprint density at radius 3 is 2.15 bits per heavy atom. The molecule has 0 spiro atoms. The molecule has 2 aromatic carbocycles.